The Kier molecular flexibility index (Phi) is 5.44. The van der Waals surface area contributed by atoms with Crippen LogP contribution in [0.15, 0.2) is 65.6 Å². The van der Waals surface area contributed by atoms with Gasteiger partial charge in [-0.25, -0.2) is 0 Å². The van der Waals surface area contributed by atoms with Gasteiger partial charge >= 0.3 is 0 Å². The Labute approximate surface area is 178 Å². The molecule has 0 fully saturated rings. The van der Waals surface area contributed by atoms with Gasteiger partial charge in [-0.2, -0.15) is 8.42 Å². The lowest BCUT2D eigenvalue weighted by atomic mass is 10.0. The van der Waals surface area contributed by atoms with Gasteiger partial charge in [0.1, 0.15) is 6.61 Å². The molecular formula is C21H16Cl2O5S. The van der Waals surface area contributed by atoms with E-state index < -0.39 is 16.4 Å². The van der Waals surface area contributed by atoms with Crippen molar-refractivity contribution in [2.75, 3.05) is 6.61 Å². The summed E-state index contributed by atoms with van der Waals surface area (Å²) in [6, 6.07) is 17.0. The first-order valence-electron chi connectivity index (χ1n) is 8.71. The van der Waals surface area contributed by atoms with E-state index >= 15 is 0 Å². The molecule has 0 spiro atoms. The zero-order valence-corrected chi connectivity index (χ0v) is 17.6. The Hall–Kier alpha value is -2.25. The van der Waals surface area contributed by atoms with Gasteiger partial charge in [0.15, 0.2) is 11.5 Å². The molecule has 3 aromatic rings. The topological polar surface area (TPSA) is 61.8 Å². The highest BCUT2D eigenvalue weighted by molar-refractivity contribution is 7.86. The van der Waals surface area contributed by atoms with Gasteiger partial charge in [-0.1, -0.05) is 59.1 Å². The molecule has 8 heteroatoms. The van der Waals surface area contributed by atoms with Crippen LogP contribution in [0, 0.1) is 6.92 Å². The monoisotopic (exact) mass is 450 g/mol. The zero-order chi connectivity index (χ0) is 20.6. The van der Waals surface area contributed by atoms with Crippen molar-refractivity contribution in [3.63, 3.8) is 0 Å². The third-order valence-corrected chi connectivity index (χ3v) is 6.20. The van der Waals surface area contributed by atoms with Crippen LogP contribution in [0.5, 0.6) is 11.5 Å². The molecule has 0 amide bonds. The molecule has 1 unspecified atom stereocenters. The molecule has 0 aliphatic carbocycles. The van der Waals surface area contributed by atoms with Crippen LogP contribution in [0.4, 0.5) is 0 Å². The van der Waals surface area contributed by atoms with Gasteiger partial charge in [-0.3, -0.25) is 4.18 Å². The molecule has 0 saturated heterocycles. The molecule has 1 aliphatic heterocycles. The highest BCUT2D eigenvalue weighted by atomic mass is 35.5. The van der Waals surface area contributed by atoms with E-state index in [0.29, 0.717) is 27.1 Å². The largest absolute Gasteiger partial charge is 0.448 e. The van der Waals surface area contributed by atoms with E-state index in [2.05, 4.69) is 0 Å². The van der Waals surface area contributed by atoms with E-state index in [1.807, 2.05) is 25.1 Å². The van der Waals surface area contributed by atoms with Crippen molar-refractivity contribution in [2.45, 2.75) is 18.1 Å². The summed E-state index contributed by atoms with van der Waals surface area (Å²) in [6.45, 7) is 1.56. The standard InChI is InChI=1S/C21H16Cl2O5S/c1-13-6-8-15(9-7-13)29(24,25)26-12-20-27-19-11-14(22)10-17(21(19)28-20)16-4-2-3-5-18(16)23/h2-11,20H,12H2,1H3. The summed E-state index contributed by atoms with van der Waals surface area (Å²) in [7, 11) is -3.94. The molecule has 150 valence electrons. The van der Waals surface area contributed by atoms with E-state index in [1.165, 1.54) is 12.1 Å². The van der Waals surface area contributed by atoms with Crippen LogP contribution >= 0.6 is 23.2 Å². The van der Waals surface area contributed by atoms with Crippen molar-refractivity contribution in [1.29, 1.82) is 0 Å². The summed E-state index contributed by atoms with van der Waals surface area (Å²) in [6.07, 6.45) is -0.940. The van der Waals surface area contributed by atoms with Gasteiger partial charge in [0, 0.05) is 27.2 Å². The number of hydrogen-bond acceptors (Lipinski definition) is 5. The summed E-state index contributed by atoms with van der Waals surface area (Å²) >= 11 is 12.5. The SMILES string of the molecule is Cc1ccc(S(=O)(=O)OCC2Oc3cc(Cl)cc(-c4ccccc4Cl)c3O2)cc1. The van der Waals surface area contributed by atoms with Crippen molar-refractivity contribution < 1.29 is 22.1 Å². The third-order valence-electron chi connectivity index (χ3n) is 4.36. The van der Waals surface area contributed by atoms with Crippen molar-refractivity contribution in [3.8, 4) is 22.6 Å². The average Bonchev–Trinajstić information content (AvgIpc) is 3.09. The molecular weight excluding hydrogens is 435 g/mol. The van der Waals surface area contributed by atoms with Gasteiger partial charge in [0.05, 0.1) is 4.90 Å². The lowest BCUT2D eigenvalue weighted by Gasteiger charge is -2.12. The predicted molar refractivity (Wildman–Crippen MR) is 111 cm³/mol. The highest BCUT2D eigenvalue weighted by Gasteiger charge is 2.30. The van der Waals surface area contributed by atoms with Crippen molar-refractivity contribution in [2.24, 2.45) is 0 Å². The predicted octanol–water partition coefficient (Wildman–Crippen LogP) is 5.47. The number of aryl methyl sites for hydroxylation is 1. The average molecular weight is 451 g/mol. The van der Waals surface area contributed by atoms with Crippen LogP contribution in [0.2, 0.25) is 10.0 Å². The third kappa shape index (κ3) is 4.21. The van der Waals surface area contributed by atoms with Crippen molar-refractivity contribution in [3.05, 3.63) is 76.3 Å². The fourth-order valence-corrected chi connectivity index (χ4v) is 4.28. The van der Waals surface area contributed by atoms with Crippen LogP contribution in [-0.2, 0) is 14.3 Å². The minimum atomic E-state index is -3.94. The minimum Gasteiger partial charge on any atom is -0.448 e. The molecule has 5 nitrogen and oxygen atoms in total. The minimum absolute atomic E-state index is 0.0680. The maximum absolute atomic E-state index is 12.4. The second-order valence-corrected chi connectivity index (χ2v) is 8.94. The maximum Gasteiger partial charge on any atom is 0.297 e. The maximum atomic E-state index is 12.4. The molecule has 0 radical (unpaired) electrons. The number of hydrogen-bond donors (Lipinski definition) is 0. The molecule has 4 rings (SSSR count). The van der Waals surface area contributed by atoms with E-state index in [9.17, 15) is 8.42 Å². The first-order chi connectivity index (χ1) is 13.8. The number of halogens is 2. The smallest absolute Gasteiger partial charge is 0.297 e. The molecule has 0 saturated carbocycles. The summed E-state index contributed by atoms with van der Waals surface area (Å²) in [5.41, 5.74) is 2.33. The van der Waals surface area contributed by atoms with E-state index in [-0.39, 0.29) is 11.5 Å². The zero-order valence-electron chi connectivity index (χ0n) is 15.3. The molecule has 3 aromatic carbocycles. The normalized spacial score (nSPS) is 15.5. The first-order valence-corrected chi connectivity index (χ1v) is 10.9. The van der Waals surface area contributed by atoms with Crippen molar-refractivity contribution in [1.82, 2.24) is 0 Å². The summed E-state index contributed by atoms with van der Waals surface area (Å²) in [5, 5.41) is 0.971. The van der Waals surface area contributed by atoms with Crippen molar-refractivity contribution >= 4 is 33.3 Å². The number of rotatable bonds is 5. The van der Waals surface area contributed by atoms with Gasteiger partial charge < -0.3 is 9.47 Å². The molecule has 1 atom stereocenters. The second kappa shape index (κ2) is 7.88. The Bertz CT molecular complexity index is 1160. The van der Waals surface area contributed by atoms with Crippen LogP contribution in [0.3, 0.4) is 0 Å². The Morgan fingerprint density at radius 1 is 0.966 bits per heavy atom. The van der Waals surface area contributed by atoms with Crippen LogP contribution in [0.1, 0.15) is 5.56 Å². The van der Waals surface area contributed by atoms with E-state index in [1.54, 1.807) is 30.3 Å². The molecule has 1 aliphatic rings. The first kappa shape index (κ1) is 20.0. The number of ether oxygens (including phenoxy) is 2. The highest BCUT2D eigenvalue weighted by Crippen LogP contribution is 2.46. The Morgan fingerprint density at radius 2 is 1.69 bits per heavy atom. The Balaban J connectivity index is 1.54. The Morgan fingerprint density at radius 3 is 2.41 bits per heavy atom. The fourth-order valence-electron chi connectivity index (χ4n) is 2.94. The van der Waals surface area contributed by atoms with Crippen LogP contribution in [0.25, 0.3) is 11.1 Å². The molecule has 0 bridgehead atoms. The van der Waals surface area contributed by atoms with E-state index in [0.717, 1.165) is 11.1 Å². The summed E-state index contributed by atoms with van der Waals surface area (Å²) < 4.78 is 41.4. The quantitative estimate of drug-likeness (QED) is 0.482. The molecule has 0 aromatic heterocycles. The molecule has 1 heterocycles. The van der Waals surface area contributed by atoms with Gasteiger partial charge in [-0.05, 0) is 31.2 Å². The second-order valence-electron chi connectivity index (χ2n) is 6.48. The van der Waals surface area contributed by atoms with E-state index in [4.69, 9.17) is 36.9 Å². The fraction of sp³-hybridized carbons (Fsp3) is 0.143. The van der Waals surface area contributed by atoms with Crippen LogP contribution < -0.4 is 9.47 Å². The number of benzene rings is 3. The lowest BCUT2D eigenvalue weighted by Crippen LogP contribution is -2.26. The van der Waals surface area contributed by atoms with Gasteiger partial charge in [-0.15, -0.1) is 0 Å². The summed E-state index contributed by atoms with van der Waals surface area (Å²) in [5.74, 6) is 0.831. The van der Waals surface area contributed by atoms with Gasteiger partial charge in [0.2, 0.25) is 0 Å². The molecule has 0 N–H and O–H groups in total. The summed E-state index contributed by atoms with van der Waals surface area (Å²) in [4.78, 5) is 0.0680. The number of fused-ring (bicyclic) bond motifs is 1. The van der Waals surface area contributed by atoms with Gasteiger partial charge in [0.25, 0.3) is 16.4 Å². The lowest BCUT2D eigenvalue weighted by molar-refractivity contribution is 0.00993. The molecule has 29 heavy (non-hydrogen) atoms. The van der Waals surface area contributed by atoms with Crippen LogP contribution in [-0.4, -0.2) is 21.3 Å².